The minimum Gasteiger partial charge on any atom is -0.373 e. The number of benzene rings is 3. The Labute approximate surface area is 162 Å². The van der Waals surface area contributed by atoms with Crippen molar-refractivity contribution in [3.8, 4) is 0 Å². The zero-order valence-corrected chi connectivity index (χ0v) is 15.2. The maximum Gasteiger partial charge on any atom is 0.0923 e. The first-order valence-electron chi connectivity index (χ1n) is 9.62. The van der Waals surface area contributed by atoms with E-state index < -0.39 is 0 Å². The maximum atomic E-state index is 3.75. The van der Waals surface area contributed by atoms with Crippen LogP contribution >= 0.6 is 0 Å². The van der Waals surface area contributed by atoms with E-state index in [0.717, 1.165) is 22.4 Å². The van der Waals surface area contributed by atoms with Crippen molar-refractivity contribution in [1.29, 1.82) is 0 Å². The third kappa shape index (κ3) is 2.38. The number of anilines is 2. The summed E-state index contributed by atoms with van der Waals surface area (Å²) < 4.78 is 0. The summed E-state index contributed by atoms with van der Waals surface area (Å²) >= 11 is 0. The molecule has 3 aromatic carbocycles. The smallest absolute Gasteiger partial charge is 0.0923 e. The molecule has 0 radical (unpaired) electrons. The van der Waals surface area contributed by atoms with Crippen LogP contribution in [0.1, 0.15) is 23.5 Å². The van der Waals surface area contributed by atoms with Crippen LogP contribution in [0.3, 0.4) is 0 Å². The predicted molar refractivity (Wildman–Crippen MR) is 116 cm³/mol. The molecule has 4 nitrogen and oxygen atoms in total. The fourth-order valence-electron chi connectivity index (χ4n) is 4.28. The van der Waals surface area contributed by atoms with Gasteiger partial charge in [-0.3, -0.25) is 0 Å². The molecule has 1 aliphatic heterocycles. The molecule has 0 saturated heterocycles. The van der Waals surface area contributed by atoms with Gasteiger partial charge in [0.2, 0.25) is 0 Å². The number of para-hydroxylation sites is 4. The summed E-state index contributed by atoms with van der Waals surface area (Å²) in [7, 11) is 0. The second-order valence-corrected chi connectivity index (χ2v) is 7.41. The van der Waals surface area contributed by atoms with Crippen LogP contribution in [0.5, 0.6) is 0 Å². The molecule has 5 aromatic rings. The van der Waals surface area contributed by atoms with Crippen molar-refractivity contribution in [2.24, 2.45) is 0 Å². The highest BCUT2D eigenvalue weighted by molar-refractivity contribution is 5.83. The lowest BCUT2D eigenvalue weighted by Crippen LogP contribution is -2.30. The number of H-pyrrole nitrogens is 2. The van der Waals surface area contributed by atoms with E-state index in [4.69, 9.17) is 0 Å². The Hall–Kier alpha value is -3.66. The van der Waals surface area contributed by atoms with Crippen molar-refractivity contribution in [3.63, 3.8) is 0 Å². The van der Waals surface area contributed by atoms with Crippen molar-refractivity contribution >= 4 is 33.2 Å². The Morgan fingerprint density at radius 2 is 0.929 bits per heavy atom. The van der Waals surface area contributed by atoms with Crippen molar-refractivity contribution in [2.45, 2.75) is 12.1 Å². The van der Waals surface area contributed by atoms with Crippen LogP contribution in [0, 0.1) is 0 Å². The number of aromatic nitrogens is 2. The topological polar surface area (TPSA) is 55.6 Å². The molecule has 0 bridgehead atoms. The first-order valence-corrected chi connectivity index (χ1v) is 9.62. The number of nitrogens with one attached hydrogen (secondary N) is 4. The highest BCUT2D eigenvalue weighted by atomic mass is 15.1. The summed E-state index contributed by atoms with van der Waals surface area (Å²) in [6.07, 6.45) is 0. The lowest BCUT2D eigenvalue weighted by molar-refractivity contribution is 0.613. The molecule has 0 amide bonds. The molecule has 4 heteroatoms. The molecule has 6 rings (SSSR count). The van der Waals surface area contributed by atoms with E-state index >= 15 is 0 Å². The van der Waals surface area contributed by atoms with Gasteiger partial charge in [0.05, 0.1) is 23.5 Å². The molecular weight excluding hydrogens is 344 g/mol. The van der Waals surface area contributed by atoms with Gasteiger partial charge < -0.3 is 20.6 Å². The van der Waals surface area contributed by atoms with E-state index in [9.17, 15) is 0 Å². The largest absolute Gasteiger partial charge is 0.373 e. The molecule has 0 saturated carbocycles. The lowest BCUT2D eigenvalue weighted by Gasteiger charge is -2.35. The molecule has 136 valence electrons. The minimum atomic E-state index is 0.0790. The van der Waals surface area contributed by atoms with E-state index in [0.29, 0.717) is 0 Å². The number of hydrogen-bond donors (Lipinski definition) is 4. The van der Waals surface area contributed by atoms with Gasteiger partial charge in [0, 0.05) is 22.4 Å². The Kier molecular flexibility index (Phi) is 3.26. The normalized spacial score (nSPS) is 18.6. The third-order valence-electron chi connectivity index (χ3n) is 5.65. The van der Waals surface area contributed by atoms with Gasteiger partial charge in [-0.2, -0.15) is 0 Å². The summed E-state index contributed by atoms with van der Waals surface area (Å²) in [5.74, 6) is 0. The van der Waals surface area contributed by atoms with Crippen LogP contribution in [0.25, 0.3) is 21.8 Å². The van der Waals surface area contributed by atoms with Crippen LogP contribution in [0.4, 0.5) is 11.4 Å². The summed E-state index contributed by atoms with van der Waals surface area (Å²) in [6.45, 7) is 0. The molecule has 2 atom stereocenters. The Morgan fingerprint density at radius 3 is 1.39 bits per heavy atom. The van der Waals surface area contributed by atoms with Crippen LogP contribution in [-0.2, 0) is 0 Å². The summed E-state index contributed by atoms with van der Waals surface area (Å²) in [5, 5.41) is 9.97. The van der Waals surface area contributed by atoms with Crippen molar-refractivity contribution in [3.05, 3.63) is 96.3 Å². The van der Waals surface area contributed by atoms with Gasteiger partial charge in [-0.15, -0.1) is 0 Å². The Bertz CT molecular complexity index is 1130. The number of hydrogen-bond acceptors (Lipinski definition) is 2. The molecule has 3 heterocycles. The van der Waals surface area contributed by atoms with Gasteiger partial charge in [-0.05, 0) is 47.2 Å². The molecule has 0 aliphatic carbocycles. The average Bonchev–Trinajstić information content (AvgIpc) is 3.36. The van der Waals surface area contributed by atoms with E-state index in [2.05, 4.69) is 106 Å². The molecule has 1 aliphatic rings. The highest BCUT2D eigenvalue weighted by Crippen LogP contribution is 2.42. The first-order chi connectivity index (χ1) is 13.8. The fraction of sp³-hybridized carbons (Fsp3) is 0.0833. The van der Waals surface area contributed by atoms with E-state index in [1.807, 2.05) is 0 Å². The SMILES string of the molecule is c1ccc2c(c1)NC(c1cc3ccccc3[nH]1)C(c1cc3ccccc3[nH]1)N2. The molecule has 4 N–H and O–H groups in total. The Morgan fingerprint density at radius 1 is 0.500 bits per heavy atom. The Balaban J connectivity index is 1.50. The van der Waals surface area contributed by atoms with E-state index in [1.165, 1.54) is 22.2 Å². The van der Waals surface area contributed by atoms with Crippen LogP contribution < -0.4 is 10.6 Å². The maximum absolute atomic E-state index is 3.75. The van der Waals surface area contributed by atoms with Gasteiger partial charge in [0.1, 0.15) is 0 Å². The van der Waals surface area contributed by atoms with Gasteiger partial charge in [-0.25, -0.2) is 0 Å². The summed E-state index contributed by atoms with van der Waals surface area (Å²) in [5.41, 5.74) is 6.91. The van der Waals surface area contributed by atoms with Crippen molar-refractivity contribution in [2.75, 3.05) is 10.6 Å². The van der Waals surface area contributed by atoms with Gasteiger partial charge in [-0.1, -0.05) is 48.5 Å². The van der Waals surface area contributed by atoms with Gasteiger partial charge in [0.25, 0.3) is 0 Å². The number of fused-ring (bicyclic) bond motifs is 3. The second kappa shape index (κ2) is 5.92. The zero-order valence-electron chi connectivity index (χ0n) is 15.2. The molecule has 2 unspecified atom stereocenters. The van der Waals surface area contributed by atoms with Crippen LogP contribution in [0.2, 0.25) is 0 Å². The van der Waals surface area contributed by atoms with E-state index in [-0.39, 0.29) is 12.1 Å². The molecule has 2 aromatic heterocycles. The molecule has 28 heavy (non-hydrogen) atoms. The van der Waals surface area contributed by atoms with Crippen molar-refractivity contribution in [1.82, 2.24) is 9.97 Å². The standard InChI is InChI=1S/C24H20N4/c1-3-9-17-15(7-1)13-21(25-17)23-24(28-20-12-6-5-11-19(20)27-23)22-14-16-8-2-4-10-18(16)26-22/h1-14,23-28H. The van der Waals surface area contributed by atoms with Gasteiger partial charge >= 0.3 is 0 Å². The number of aromatic amines is 2. The number of rotatable bonds is 2. The molecular formula is C24H20N4. The average molecular weight is 364 g/mol. The quantitative estimate of drug-likeness (QED) is 0.312. The predicted octanol–water partition coefficient (Wildman–Crippen LogP) is 5.97. The zero-order chi connectivity index (χ0) is 18.5. The lowest BCUT2D eigenvalue weighted by atomic mass is 9.97. The van der Waals surface area contributed by atoms with Gasteiger partial charge in [0.15, 0.2) is 0 Å². The fourth-order valence-corrected chi connectivity index (χ4v) is 4.28. The van der Waals surface area contributed by atoms with E-state index in [1.54, 1.807) is 0 Å². The van der Waals surface area contributed by atoms with Crippen molar-refractivity contribution < 1.29 is 0 Å². The monoisotopic (exact) mass is 364 g/mol. The van der Waals surface area contributed by atoms with Crippen LogP contribution in [0.15, 0.2) is 84.9 Å². The third-order valence-corrected chi connectivity index (χ3v) is 5.65. The second-order valence-electron chi connectivity index (χ2n) is 7.41. The molecule has 0 spiro atoms. The molecule has 0 fully saturated rings. The summed E-state index contributed by atoms with van der Waals surface area (Å²) in [4.78, 5) is 7.23. The minimum absolute atomic E-state index is 0.0790. The highest BCUT2D eigenvalue weighted by Gasteiger charge is 2.32. The van der Waals surface area contributed by atoms with Crippen LogP contribution in [-0.4, -0.2) is 9.97 Å². The first kappa shape index (κ1) is 15.4. The summed E-state index contributed by atoms with van der Waals surface area (Å²) in [6, 6.07) is 29.9.